The van der Waals surface area contributed by atoms with Gasteiger partial charge < -0.3 is 4.74 Å². The third-order valence-electron chi connectivity index (χ3n) is 4.31. The van der Waals surface area contributed by atoms with E-state index in [9.17, 15) is 0 Å². The fourth-order valence-electron chi connectivity index (χ4n) is 3.17. The van der Waals surface area contributed by atoms with Gasteiger partial charge in [-0.15, -0.1) is 0 Å². The molecule has 0 radical (unpaired) electrons. The monoisotopic (exact) mass is 242 g/mol. The van der Waals surface area contributed by atoms with Gasteiger partial charge in [-0.2, -0.15) is 11.8 Å². The van der Waals surface area contributed by atoms with Crippen molar-refractivity contribution in [3.05, 3.63) is 0 Å². The Balaban J connectivity index is 1.76. The third-order valence-corrected chi connectivity index (χ3v) is 5.98. The van der Waals surface area contributed by atoms with Crippen molar-refractivity contribution < 1.29 is 4.74 Å². The van der Waals surface area contributed by atoms with Crippen molar-refractivity contribution in [1.29, 1.82) is 0 Å². The number of methoxy groups -OCH3 is 1. The first-order valence-electron chi connectivity index (χ1n) is 6.98. The summed E-state index contributed by atoms with van der Waals surface area (Å²) in [7, 11) is 1.88. The third kappa shape index (κ3) is 3.40. The second-order valence-electron chi connectivity index (χ2n) is 5.58. The predicted molar refractivity (Wildman–Crippen MR) is 72.1 cm³/mol. The van der Waals surface area contributed by atoms with Crippen LogP contribution in [0.1, 0.15) is 58.3 Å². The van der Waals surface area contributed by atoms with E-state index in [2.05, 4.69) is 18.7 Å². The van der Waals surface area contributed by atoms with E-state index in [0.717, 1.165) is 16.4 Å². The van der Waals surface area contributed by atoms with Gasteiger partial charge in [0.1, 0.15) is 0 Å². The van der Waals surface area contributed by atoms with Crippen molar-refractivity contribution in [2.75, 3.05) is 7.11 Å². The van der Waals surface area contributed by atoms with Gasteiger partial charge in [0.05, 0.1) is 6.10 Å². The fraction of sp³-hybridized carbons (Fsp3) is 1.00. The van der Waals surface area contributed by atoms with E-state index < -0.39 is 0 Å². The Morgan fingerprint density at radius 3 is 2.38 bits per heavy atom. The van der Waals surface area contributed by atoms with Crippen molar-refractivity contribution in [2.24, 2.45) is 5.92 Å². The van der Waals surface area contributed by atoms with E-state index in [1.807, 2.05) is 7.11 Å². The molecule has 0 amide bonds. The van der Waals surface area contributed by atoms with Crippen molar-refractivity contribution >= 4 is 11.8 Å². The summed E-state index contributed by atoms with van der Waals surface area (Å²) in [6.07, 6.45) is 11.9. The largest absolute Gasteiger partial charge is 0.381 e. The second kappa shape index (κ2) is 6.30. The molecule has 2 aliphatic rings. The smallest absolute Gasteiger partial charge is 0.0607 e. The standard InChI is InChI=1S/C14H26OS/c1-11-8-9-13(10-14(11)15-2)16-12-6-4-3-5-7-12/h11-14H,3-10H2,1-2H3. The summed E-state index contributed by atoms with van der Waals surface area (Å²) in [5.41, 5.74) is 0. The molecule has 0 aromatic heterocycles. The van der Waals surface area contributed by atoms with Crippen molar-refractivity contribution in [3.63, 3.8) is 0 Å². The normalized spacial score (nSPS) is 37.5. The van der Waals surface area contributed by atoms with Crippen molar-refractivity contribution in [3.8, 4) is 0 Å². The molecule has 2 saturated carbocycles. The molecule has 94 valence electrons. The second-order valence-corrected chi connectivity index (χ2v) is 7.19. The molecule has 2 fully saturated rings. The molecular formula is C14H26OS. The zero-order chi connectivity index (χ0) is 11.4. The molecule has 3 atom stereocenters. The minimum Gasteiger partial charge on any atom is -0.381 e. The maximum absolute atomic E-state index is 5.61. The molecule has 2 aliphatic carbocycles. The Morgan fingerprint density at radius 1 is 0.938 bits per heavy atom. The van der Waals surface area contributed by atoms with E-state index in [-0.39, 0.29) is 0 Å². The van der Waals surface area contributed by atoms with Crippen LogP contribution in [-0.4, -0.2) is 23.7 Å². The van der Waals surface area contributed by atoms with Crippen molar-refractivity contribution in [1.82, 2.24) is 0 Å². The summed E-state index contributed by atoms with van der Waals surface area (Å²) in [5, 5.41) is 1.84. The Labute approximate surface area is 105 Å². The maximum atomic E-state index is 5.61. The summed E-state index contributed by atoms with van der Waals surface area (Å²) in [4.78, 5) is 0. The van der Waals surface area contributed by atoms with Gasteiger partial charge in [-0.25, -0.2) is 0 Å². The van der Waals surface area contributed by atoms with Gasteiger partial charge in [-0.1, -0.05) is 26.2 Å². The Hall–Kier alpha value is 0.310. The van der Waals surface area contributed by atoms with E-state index in [1.165, 1.54) is 51.4 Å². The van der Waals surface area contributed by atoms with Crippen LogP contribution in [0.4, 0.5) is 0 Å². The molecule has 0 spiro atoms. The van der Waals surface area contributed by atoms with Gasteiger partial charge in [-0.05, 0) is 38.0 Å². The van der Waals surface area contributed by atoms with E-state index in [4.69, 9.17) is 4.74 Å². The highest BCUT2D eigenvalue weighted by Gasteiger charge is 2.29. The molecule has 0 aliphatic heterocycles. The molecule has 0 heterocycles. The highest BCUT2D eigenvalue weighted by molar-refractivity contribution is 8.00. The zero-order valence-corrected chi connectivity index (χ0v) is 11.6. The van der Waals surface area contributed by atoms with Gasteiger partial charge >= 0.3 is 0 Å². The van der Waals surface area contributed by atoms with Gasteiger partial charge in [-0.3, -0.25) is 0 Å². The zero-order valence-electron chi connectivity index (χ0n) is 10.8. The highest BCUT2D eigenvalue weighted by Crippen LogP contribution is 2.39. The molecule has 2 rings (SSSR count). The van der Waals surface area contributed by atoms with Gasteiger partial charge in [0.15, 0.2) is 0 Å². The van der Waals surface area contributed by atoms with Crippen LogP contribution < -0.4 is 0 Å². The van der Waals surface area contributed by atoms with Crippen LogP contribution in [-0.2, 0) is 4.74 Å². The number of hydrogen-bond donors (Lipinski definition) is 0. The Bertz CT molecular complexity index is 201. The highest BCUT2D eigenvalue weighted by atomic mass is 32.2. The first-order chi connectivity index (χ1) is 7.79. The van der Waals surface area contributed by atoms with Crippen LogP contribution in [0, 0.1) is 5.92 Å². The lowest BCUT2D eigenvalue weighted by Gasteiger charge is -2.35. The van der Waals surface area contributed by atoms with Crippen molar-refractivity contribution in [2.45, 2.75) is 74.9 Å². The van der Waals surface area contributed by atoms with Gasteiger partial charge in [0.2, 0.25) is 0 Å². The lowest BCUT2D eigenvalue weighted by atomic mass is 9.87. The quantitative estimate of drug-likeness (QED) is 0.731. The molecule has 0 N–H and O–H groups in total. The summed E-state index contributed by atoms with van der Waals surface area (Å²) in [5.74, 6) is 0.771. The topological polar surface area (TPSA) is 9.23 Å². The number of rotatable bonds is 3. The summed E-state index contributed by atoms with van der Waals surface area (Å²) in [6, 6.07) is 0. The molecule has 2 heteroatoms. The Kier molecular flexibility index (Phi) is 5.02. The molecule has 0 aromatic carbocycles. The first-order valence-corrected chi connectivity index (χ1v) is 7.92. The van der Waals surface area contributed by atoms with Gasteiger partial charge in [0, 0.05) is 17.6 Å². The fourth-order valence-corrected chi connectivity index (χ4v) is 4.89. The minimum absolute atomic E-state index is 0.523. The molecule has 0 saturated heterocycles. The average Bonchev–Trinajstić information content (AvgIpc) is 2.33. The van der Waals surface area contributed by atoms with Crippen LogP contribution in [0.2, 0.25) is 0 Å². The van der Waals surface area contributed by atoms with Crippen LogP contribution in [0.3, 0.4) is 0 Å². The average molecular weight is 242 g/mol. The number of hydrogen-bond acceptors (Lipinski definition) is 2. The van der Waals surface area contributed by atoms with Crippen LogP contribution in [0.15, 0.2) is 0 Å². The van der Waals surface area contributed by atoms with E-state index >= 15 is 0 Å². The molecule has 0 bridgehead atoms. The minimum atomic E-state index is 0.523. The van der Waals surface area contributed by atoms with Crippen LogP contribution in [0.25, 0.3) is 0 Å². The lowest BCUT2D eigenvalue weighted by Crippen LogP contribution is -2.31. The summed E-state index contributed by atoms with van der Waals surface area (Å²) >= 11 is 2.28. The predicted octanol–water partition coefficient (Wildman–Crippen LogP) is 4.26. The van der Waals surface area contributed by atoms with Crippen LogP contribution in [0.5, 0.6) is 0 Å². The summed E-state index contributed by atoms with van der Waals surface area (Å²) < 4.78 is 5.61. The van der Waals surface area contributed by atoms with E-state index in [1.54, 1.807) is 0 Å². The number of thioether (sulfide) groups is 1. The maximum Gasteiger partial charge on any atom is 0.0607 e. The molecule has 1 nitrogen and oxygen atoms in total. The molecule has 0 aromatic rings. The molecule has 3 unspecified atom stereocenters. The summed E-state index contributed by atoms with van der Waals surface area (Å²) in [6.45, 7) is 2.34. The lowest BCUT2D eigenvalue weighted by molar-refractivity contribution is 0.0330. The first kappa shape index (κ1) is 12.8. The number of ether oxygens (including phenoxy) is 1. The SMILES string of the molecule is COC1CC(SC2CCCCC2)CCC1C. The molecular weight excluding hydrogens is 216 g/mol. The van der Waals surface area contributed by atoms with Crippen LogP contribution >= 0.6 is 11.8 Å². The molecule has 16 heavy (non-hydrogen) atoms. The van der Waals surface area contributed by atoms with Gasteiger partial charge in [0.25, 0.3) is 0 Å². The Morgan fingerprint density at radius 2 is 1.69 bits per heavy atom. The van der Waals surface area contributed by atoms with E-state index in [0.29, 0.717) is 6.10 Å².